The van der Waals surface area contributed by atoms with Crippen LogP contribution in [0.2, 0.25) is 5.02 Å². The number of benzene rings is 2. The molecule has 32 heavy (non-hydrogen) atoms. The summed E-state index contributed by atoms with van der Waals surface area (Å²) in [7, 11) is 2.13. The third kappa shape index (κ3) is 5.98. The minimum atomic E-state index is -1.26. The van der Waals surface area contributed by atoms with Gasteiger partial charge in [-0.1, -0.05) is 41.6 Å². The molecule has 168 valence electrons. The fourth-order valence-electron chi connectivity index (χ4n) is 3.58. The summed E-state index contributed by atoms with van der Waals surface area (Å²) in [5, 5.41) is 16.3. The van der Waals surface area contributed by atoms with Crippen LogP contribution in [0, 0.1) is 0 Å². The molecular weight excluding hydrogens is 452 g/mol. The van der Waals surface area contributed by atoms with E-state index in [0.717, 1.165) is 47.1 Å². The molecule has 0 amide bonds. The van der Waals surface area contributed by atoms with Gasteiger partial charge in [0.1, 0.15) is 6.04 Å². The van der Waals surface area contributed by atoms with Crippen molar-refractivity contribution in [2.45, 2.75) is 15.8 Å². The van der Waals surface area contributed by atoms with Gasteiger partial charge in [-0.3, -0.25) is 9.69 Å². The molecule has 2 aromatic carbocycles. The second-order valence-corrected chi connectivity index (χ2v) is 8.92. The first kappa shape index (κ1) is 24.0. The van der Waals surface area contributed by atoms with Crippen molar-refractivity contribution in [3.05, 3.63) is 70.8 Å². The summed E-state index contributed by atoms with van der Waals surface area (Å²) >= 11 is 7.94. The van der Waals surface area contributed by atoms with Crippen LogP contribution < -0.4 is 0 Å². The first-order chi connectivity index (χ1) is 15.3. The smallest absolute Gasteiger partial charge is 0.328 e. The molecule has 2 heterocycles. The number of fused-ring (bicyclic) bond motifs is 2. The monoisotopic (exact) mass is 474 g/mol. The highest BCUT2D eigenvalue weighted by Gasteiger charge is 2.35. The summed E-state index contributed by atoms with van der Waals surface area (Å²) in [5.74, 6) is -2.33. The summed E-state index contributed by atoms with van der Waals surface area (Å²) in [5.41, 5.74) is 1.86. The standard InChI is InChI=1S/C19H19ClN2OS.C4H4O4/c1-21-8-10-22(11-9-21)18-15-12-13(20)6-7-17(15)24-16-5-3-2-4-14(16)19(18)23;5-3(6)1-2-4(7)8/h2-7,12,18H,8-11H2,1H3;1-2H,(H,5,6)(H,7,8)/b;2-1+. The van der Waals surface area contributed by atoms with Gasteiger partial charge >= 0.3 is 11.9 Å². The second-order valence-electron chi connectivity index (χ2n) is 7.40. The molecule has 4 rings (SSSR count). The Kier molecular flexibility index (Phi) is 8.09. The zero-order chi connectivity index (χ0) is 23.3. The lowest BCUT2D eigenvalue weighted by Gasteiger charge is -2.37. The van der Waals surface area contributed by atoms with Crippen molar-refractivity contribution in [1.29, 1.82) is 0 Å². The van der Waals surface area contributed by atoms with Gasteiger partial charge in [-0.05, 0) is 36.9 Å². The molecule has 2 aliphatic heterocycles. The van der Waals surface area contributed by atoms with Crippen molar-refractivity contribution in [3.63, 3.8) is 0 Å². The molecule has 2 aromatic rings. The van der Waals surface area contributed by atoms with E-state index in [9.17, 15) is 14.4 Å². The third-order valence-electron chi connectivity index (χ3n) is 5.16. The fraction of sp³-hybridized carbons (Fsp3) is 0.261. The van der Waals surface area contributed by atoms with E-state index < -0.39 is 11.9 Å². The topological polar surface area (TPSA) is 98.2 Å². The van der Waals surface area contributed by atoms with E-state index in [4.69, 9.17) is 21.8 Å². The summed E-state index contributed by atoms with van der Waals surface area (Å²) in [6, 6.07) is 13.6. The molecule has 1 unspecified atom stereocenters. The van der Waals surface area contributed by atoms with E-state index in [2.05, 4.69) is 16.8 Å². The number of hydrogen-bond donors (Lipinski definition) is 2. The van der Waals surface area contributed by atoms with Crippen LogP contribution in [-0.4, -0.2) is 71.0 Å². The predicted molar refractivity (Wildman–Crippen MR) is 123 cm³/mol. The minimum Gasteiger partial charge on any atom is -0.478 e. The van der Waals surface area contributed by atoms with Crippen LogP contribution >= 0.6 is 23.4 Å². The zero-order valence-electron chi connectivity index (χ0n) is 17.4. The van der Waals surface area contributed by atoms with Crippen molar-refractivity contribution >= 4 is 41.1 Å². The minimum absolute atomic E-state index is 0.184. The highest BCUT2D eigenvalue weighted by molar-refractivity contribution is 7.99. The molecule has 0 radical (unpaired) electrons. The highest BCUT2D eigenvalue weighted by Crippen LogP contribution is 2.43. The first-order valence-corrected chi connectivity index (χ1v) is 11.1. The van der Waals surface area contributed by atoms with Gasteiger partial charge in [-0.2, -0.15) is 0 Å². The maximum Gasteiger partial charge on any atom is 0.328 e. The van der Waals surface area contributed by atoms with Crippen molar-refractivity contribution in [2.24, 2.45) is 0 Å². The van der Waals surface area contributed by atoms with E-state index >= 15 is 0 Å². The number of likely N-dealkylation sites (N-methyl/N-ethyl adjacent to an activating group) is 1. The quantitative estimate of drug-likeness (QED) is 0.650. The summed E-state index contributed by atoms with van der Waals surface area (Å²) in [6.07, 6.45) is 1.12. The number of halogens is 1. The maximum absolute atomic E-state index is 13.4. The number of rotatable bonds is 3. The average molecular weight is 475 g/mol. The van der Waals surface area contributed by atoms with Crippen LogP contribution in [0.5, 0.6) is 0 Å². The number of carbonyl (C=O) groups excluding carboxylic acids is 1. The van der Waals surface area contributed by atoms with Crippen LogP contribution in [0.4, 0.5) is 0 Å². The van der Waals surface area contributed by atoms with Gasteiger partial charge in [-0.25, -0.2) is 9.59 Å². The van der Waals surface area contributed by atoms with E-state index in [0.29, 0.717) is 17.2 Å². The lowest BCUT2D eigenvalue weighted by Crippen LogP contribution is -2.47. The Bertz CT molecular complexity index is 1030. The Balaban J connectivity index is 0.000000312. The molecule has 0 bridgehead atoms. The van der Waals surface area contributed by atoms with Gasteiger partial charge in [0, 0.05) is 58.7 Å². The molecule has 0 aliphatic carbocycles. The highest BCUT2D eigenvalue weighted by atomic mass is 35.5. The molecule has 0 saturated carbocycles. The predicted octanol–water partition coefficient (Wildman–Crippen LogP) is 3.69. The molecule has 1 atom stereocenters. The number of nitrogens with zero attached hydrogens (tertiary/aromatic N) is 2. The number of piperazine rings is 1. The van der Waals surface area contributed by atoms with Crippen molar-refractivity contribution in [1.82, 2.24) is 9.80 Å². The largest absolute Gasteiger partial charge is 0.478 e. The Labute approximate surface area is 195 Å². The van der Waals surface area contributed by atoms with Gasteiger partial charge in [0.15, 0.2) is 5.78 Å². The zero-order valence-corrected chi connectivity index (χ0v) is 19.0. The Morgan fingerprint density at radius 3 is 2.25 bits per heavy atom. The number of hydrogen-bond acceptors (Lipinski definition) is 6. The number of carboxylic acid groups (broad SMARTS) is 2. The van der Waals surface area contributed by atoms with Crippen molar-refractivity contribution in [3.8, 4) is 0 Å². The molecule has 1 fully saturated rings. The number of aliphatic carboxylic acids is 2. The molecule has 7 nitrogen and oxygen atoms in total. The van der Waals surface area contributed by atoms with Crippen LogP contribution in [0.25, 0.3) is 0 Å². The van der Waals surface area contributed by atoms with Gasteiger partial charge in [0.05, 0.1) is 0 Å². The molecule has 0 spiro atoms. The number of ketones is 1. The van der Waals surface area contributed by atoms with E-state index in [1.165, 1.54) is 0 Å². The van der Waals surface area contributed by atoms with Crippen LogP contribution in [0.15, 0.2) is 64.4 Å². The molecule has 1 saturated heterocycles. The first-order valence-electron chi connectivity index (χ1n) is 9.93. The average Bonchev–Trinajstić information content (AvgIpc) is 2.87. The van der Waals surface area contributed by atoms with E-state index in [-0.39, 0.29) is 11.8 Å². The molecule has 0 aromatic heterocycles. The lowest BCUT2D eigenvalue weighted by atomic mass is 9.95. The van der Waals surface area contributed by atoms with Gasteiger partial charge < -0.3 is 15.1 Å². The van der Waals surface area contributed by atoms with Crippen LogP contribution in [0.3, 0.4) is 0 Å². The third-order valence-corrected chi connectivity index (χ3v) is 6.56. The maximum atomic E-state index is 13.4. The van der Waals surface area contributed by atoms with Crippen molar-refractivity contribution in [2.75, 3.05) is 33.2 Å². The number of carboxylic acids is 2. The Morgan fingerprint density at radius 1 is 1.00 bits per heavy atom. The normalized spacial score (nSPS) is 18.8. The van der Waals surface area contributed by atoms with E-state index in [1.807, 2.05) is 42.5 Å². The number of carbonyl (C=O) groups is 3. The number of Topliss-reactive ketones (excluding diaryl/α,β-unsaturated/α-hetero) is 1. The molecule has 9 heteroatoms. The molecule has 2 N–H and O–H groups in total. The summed E-state index contributed by atoms with van der Waals surface area (Å²) in [6.45, 7) is 3.75. The van der Waals surface area contributed by atoms with Gasteiger partial charge in [0.2, 0.25) is 0 Å². The Hall–Kier alpha value is -2.65. The van der Waals surface area contributed by atoms with Crippen LogP contribution in [-0.2, 0) is 9.59 Å². The summed E-state index contributed by atoms with van der Waals surface area (Å²) in [4.78, 5) is 39.3. The summed E-state index contributed by atoms with van der Waals surface area (Å²) < 4.78 is 0. The SMILES string of the molecule is CN1CCN(C2C(=O)c3ccccc3Sc3ccc(Cl)cc32)CC1.O=C(O)/C=C/C(=O)O. The van der Waals surface area contributed by atoms with E-state index in [1.54, 1.807) is 11.8 Å². The van der Waals surface area contributed by atoms with Crippen molar-refractivity contribution < 1.29 is 24.6 Å². The molecule has 2 aliphatic rings. The van der Waals surface area contributed by atoms with Gasteiger partial charge in [-0.15, -0.1) is 0 Å². The second kappa shape index (κ2) is 10.8. The fourth-order valence-corrected chi connectivity index (χ4v) is 4.84. The Morgan fingerprint density at radius 2 is 1.62 bits per heavy atom. The lowest BCUT2D eigenvalue weighted by molar-refractivity contribution is -0.134. The van der Waals surface area contributed by atoms with Crippen LogP contribution in [0.1, 0.15) is 22.0 Å². The molecular formula is C23H23ClN2O5S. The van der Waals surface area contributed by atoms with Gasteiger partial charge in [0.25, 0.3) is 0 Å².